The molecule has 5 heteroatoms. The van der Waals surface area contributed by atoms with Gasteiger partial charge in [-0.3, -0.25) is 0 Å². The average Bonchev–Trinajstić information content (AvgIpc) is 3.09. The van der Waals surface area contributed by atoms with Crippen LogP contribution in [0.4, 0.5) is 5.69 Å². The van der Waals surface area contributed by atoms with Crippen LogP contribution in [0, 0.1) is 0 Å². The van der Waals surface area contributed by atoms with E-state index < -0.39 is 0 Å². The number of benzene rings is 1. The molecule has 4 rings (SSSR count). The fourth-order valence-electron chi connectivity index (χ4n) is 2.13. The first-order valence-corrected chi connectivity index (χ1v) is 10.3. The Labute approximate surface area is 138 Å². The van der Waals surface area contributed by atoms with Gasteiger partial charge < -0.3 is 0 Å². The van der Waals surface area contributed by atoms with Gasteiger partial charge in [0, 0.05) is 0 Å². The van der Waals surface area contributed by atoms with E-state index in [1.54, 1.807) is 23.1 Å². The van der Waals surface area contributed by atoms with Crippen LogP contribution in [0.2, 0.25) is 5.32 Å². The van der Waals surface area contributed by atoms with Crippen LogP contribution in [0.5, 0.6) is 0 Å². The van der Waals surface area contributed by atoms with E-state index in [-0.39, 0.29) is 0 Å². The molecule has 104 valence electrons. The Hall–Kier alpha value is -1.26. The number of fused-ring (bicyclic) bond motifs is 2. The molecule has 2 aliphatic heterocycles. The van der Waals surface area contributed by atoms with Crippen LogP contribution in [0.15, 0.2) is 52.4 Å². The van der Waals surface area contributed by atoms with Crippen molar-refractivity contribution in [3.8, 4) is 0 Å². The molecule has 2 aromatic rings. The molecule has 0 radical (unpaired) electrons. The monoisotopic (exact) mass is 376 g/mol. The van der Waals surface area contributed by atoms with Crippen LogP contribution in [0.3, 0.4) is 0 Å². The van der Waals surface area contributed by atoms with Crippen molar-refractivity contribution in [2.75, 3.05) is 5.32 Å². The number of para-hydroxylation sites is 1. The molecular weight excluding hydrogens is 363 g/mol. The topological polar surface area (TPSA) is 24.9 Å². The number of nitrogens with zero attached hydrogens (tertiary/aromatic N) is 1. The number of anilines is 1. The summed E-state index contributed by atoms with van der Waals surface area (Å²) in [5.41, 5.74) is 1.19. The molecule has 0 atom stereocenters. The number of thiazole rings is 1. The summed E-state index contributed by atoms with van der Waals surface area (Å²) >= 11 is 4.08. The van der Waals surface area contributed by atoms with E-state index in [2.05, 4.69) is 60.0 Å². The Morgan fingerprint density at radius 1 is 1.29 bits per heavy atom. The van der Waals surface area contributed by atoms with Gasteiger partial charge in [-0.15, -0.1) is 0 Å². The number of thioether (sulfide) groups is 1. The maximum absolute atomic E-state index is 4.71. The third-order valence-corrected chi connectivity index (χ3v) is 7.37. The molecule has 1 N–H and O–H groups in total. The van der Waals surface area contributed by atoms with Gasteiger partial charge in [0.15, 0.2) is 0 Å². The van der Waals surface area contributed by atoms with Gasteiger partial charge in [0.2, 0.25) is 0 Å². The summed E-state index contributed by atoms with van der Waals surface area (Å²) in [6, 6.07) is 8.37. The molecule has 0 bridgehead atoms. The third kappa shape index (κ3) is 2.87. The van der Waals surface area contributed by atoms with E-state index in [9.17, 15) is 0 Å². The molecule has 3 heterocycles. The van der Waals surface area contributed by atoms with Crippen LogP contribution in [-0.2, 0) is 0 Å². The number of nitrogens with one attached hydrogen (secondary N) is 1. The van der Waals surface area contributed by atoms with Gasteiger partial charge in [0.1, 0.15) is 0 Å². The minimum atomic E-state index is 0.523. The summed E-state index contributed by atoms with van der Waals surface area (Å²) in [6.07, 6.45) is 10.8. The zero-order valence-electron chi connectivity index (χ0n) is 11.1. The molecule has 0 fully saturated rings. The summed E-state index contributed by atoms with van der Waals surface area (Å²) in [5.74, 6) is 0. The Morgan fingerprint density at radius 2 is 2.24 bits per heavy atom. The Bertz CT molecular complexity index is 747. The number of hydrogen-bond acceptors (Lipinski definition) is 4. The Morgan fingerprint density at radius 3 is 3.14 bits per heavy atom. The van der Waals surface area contributed by atoms with Gasteiger partial charge in [-0.1, -0.05) is 0 Å². The van der Waals surface area contributed by atoms with Crippen molar-refractivity contribution in [2.24, 2.45) is 0 Å². The maximum atomic E-state index is 4.71. The fourth-order valence-corrected chi connectivity index (χ4v) is 6.07. The van der Waals surface area contributed by atoms with Crippen LogP contribution in [0.25, 0.3) is 12.2 Å². The summed E-state index contributed by atoms with van der Waals surface area (Å²) in [4.78, 5) is 7.33. The normalized spacial score (nSPS) is 18.0. The third-order valence-electron chi connectivity index (χ3n) is 3.07. The number of aromatic nitrogens is 1. The van der Waals surface area contributed by atoms with Crippen molar-refractivity contribution in [1.29, 1.82) is 0 Å². The molecule has 0 spiro atoms. The van der Waals surface area contributed by atoms with Gasteiger partial charge in [0.25, 0.3) is 0 Å². The van der Waals surface area contributed by atoms with Crippen LogP contribution in [-0.4, -0.2) is 19.9 Å². The molecule has 0 saturated carbocycles. The van der Waals surface area contributed by atoms with Gasteiger partial charge >= 0.3 is 138 Å². The van der Waals surface area contributed by atoms with Crippen molar-refractivity contribution >= 4 is 60.5 Å². The van der Waals surface area contributed by atoms with Crippen molar-refractivity contribution in [1.82, 2.24) is 4.98 Å². The zero-order valence-corrected chi connectivity index (χ0v) is 14.4. The fraction of sp³-hybridized carbons (Fsp3) is 0.0625. The van der Waals surface area contributed by atoms with Crippen molar-refractivity contribution in [3.63, 3.8) is 0 Å². The molecule has 2 nitrogen and oxygen atoms in total. The predicted octanol–water partition coefficient (Wildman–Crippen LogP) is 3.99. The van der Waals surface area contributed by atoms with E-state index in [4.69, 9.17) is 4.98 Å². The Balaban J connectivity index is 1.49. The van der Waals surface area contributed by atoms with Gasteiger partial charge in [-0.25, -0.2) is 0 Å². The standard InChI is InChI=1S/C16H12N2S2Se/c1-2-6-12-11(5-1)17-14(19-12)8-3-9-15-18-16-13(20-15)7-4-10-21-16/h1-9,17H,10H2. The summed E-state index contributed by atoms with van der Waals surface area (Å²) < 4.78 is 1.31. The summed E-state index contributed by atoms with van der Waals surface area (Å²) in [6.45, 7) is 0. The minimum absolute atomic E-state index is 0.523. The predicted molar refractivity (Wildman–Crippen MR) is 94.4 cm³/mol. The van der Waals surface area contributed by atoms with Gasteiger partial charge in [0.05, 0.1) is 0 Å². The first-order chi connectivity index (χ1) is 10.4. The zero-order chi connectivity index (χ0) is 14.1. The molecule has 1 aromatic heterocycles. The van der Waals surface area contributed by atoms with Crippen LogP contribution in [0.1, 0.15) is 9.88 Å². The van der Waals surface area contributed by atoms with E-state index in [0.29, 0.717) is 15.0 Å². The van der Waals surface area contributed by atoms with Crippen LogP contribution < -0.4 is 9.91 Å². The SMILES string of the molecule is C(=Cc1nc2c(s1)C=CC[Se]2)C=C1Nc2ccccc2S1. The van der Waals surface area contributed by atoms with Crippen LogP contribution >= 0.6 is 23.1 Å². The molecule has 0 saturated heterocycles. The molecule has 0 aliphatic carbocycles. The Kier molecular flexibility index (Phi) is 3.74. The first kappa shape index (κ1) is 13.4. The molecule has 21 heavy (non-hydrogen) atoms. The average molecular weight is 375 g/mol. The summed E-state index contributed by atoms with van der Waals surface area (Å²) in [5, 5.41) is 6.86. The first-order valence-electron chi connectivity index (χ1n) is 6.61. The van der Waals surface area contributed by atoms with Gasteiger partial charge in [-0.2, -0.15) is 0 Å². The molecule has 1 aromatic carbocycles. The molecule has 0 unspecified atom stereocenters. The van der Waals surface area contributed by atoms with Crippen molar-refractivity contribution in [2.45, 2.75) is 10.2 Å². The van der Waals surface area contributed by atoms with Crippen molar-refractivity contribution < 1.29 is 0 Å². The van der Waals surface area contributed by atoms with E-state index in [1.165, 1.54) is 25.4 Å². The number of allylic oxidation sites excluding steroid dienone is 3. The number of hydrogen-bond donors (Lipinski definition) is 1. The number of rotatable bonds is 2. The molecule has 0 amide bonds. The second-order valence-corrected chi connectivity index (χ2v) is 8.81. The molecule has 2 aliphatic rings. The second-order valence-electron chi connectivity index (χ2n) is 4.55. The second kappa shape index (κ2) is 5.85. The van der Waals surface area contributed by atoms with Gasteiger partial charge in [-0.05, 0) is 0 Å². The van der Waals surface area contributed by atoms with E-state index in [0.717, 1.165) is 10.0 Å². The quantitative estimate of drug-likeness (QED) is 0.804. The van der Waals surface area contributed by atoms with E-state index >= 15 is 0 Å². The van der Waals surface area contributed by atoms with E-state index in [1.807, 2.05) is 0 Å². The van der Waals surface area contributed by atoms with Crippen molar-refractivity contribution in [3.05, 3.63) is 57.4 Å². The summed E-state index contributed by atoms with van der Waals surface area (Å²) in [7, 11) is 0. The molecular formula is C16H12N2S2Se.